The summed E-state index contributed by atoms with van der Waals surface area (Å²) in [4.78, 5) is 38.6. The van der Waals surface area contributed by atoms with Crippen molar-refractivity contribution in [1.29, 1.82) is 0 Å². The van der Waals surface area contributed by atoms with Crippen LogP contribution >= 0.6 is 0 Å². The molecule has 4 fully saturated rings. The van der Waals surface area contributed by atoms with Crippen LogP contribution in [0.1, 0.15) is 47.2 Å². The quantitative estimate of drug-likeness (QED) is 0.649. The van der Waals surface area contributed by atoms with Gasteiger partial charge in [-0.05, 0) is 54.7 Å². The lowest BCUT2D eigenvalue weighted by Gasteiger charge is -2.30. The molecule has 3 aliphatic heterocycles. The van der Waals surface area contributed by atoms with Gasteiger partial charge in [-0.2, -0.15) is 0 Å². The fraction of sp³-hybridized carbons (Fsp3) is 0.591. The third-order valence-corrected chi connectivity index (χ3v) is 7.92. The van der Waals surface area contributed by atoms with Crippen LogP contribution in [-0.4, -0.2) is 47.3 Å². The zero-order valence-electron chi connectivity index (χ0n) is 16.3. The van der Waals surface area contributed by atoms with Gasteiger partial charge in [-0.3, -0.25) is 19.7 Å². The van der Waals surface area contributed by atoms with E-state index in [4.69, 9.17) is 0 Å². The van der Waals surface area contributed by atoms with Crippen LogP contribution in [0.15, 0.2) is 18.2 Å². The lowest BCUT2D eigenvalue weighted by Crippen LogP contribution is -2.52. The smallest absolute Gasteiger partial charge is 0.255 e. The van der Waals surface area contributed by atoms with Crippen molar-refractivity contribution < 1.29 is 14.4 Å². The summed E-state index contributed by atoms with van der Waals surface area (Å²) < 4.78 is 0. The van der Waals surface area contributed by atoms with Crippen molar-refractivity contribution in [3.8, 4) is 0 Å². The van der Waals surface area contributed by atoms with Crippen molar-refractivity contribution in [2.45, 2.75) is 56.9 Å². The average Bonchev–Trinajstić information content (AvgIpc) is 3.40. The molecule has 6 unspecified atom stereocenters. The summed E-state index contributed by atoms with van der Waals surface area (Å²) in [6.07, 6.45) is 3.33. The van der Waals surface area contributed by atoms with E-state index in [9.17, 15) is 14.4 Å². The van der Waals surface area contributed by atoms with Crippen molar-refractivity contribution in [1.82, 2.24) is 20.9 Å². The molecule has 3 heterocycles. The SMILES string of the molecule is O=C1CCC(N2Cc3cccc(CNC4C5CC6CNC4C6C5)c3C2=O)C(=O)N1. The first kappa shape index (κ1) is 17.6. The normalized spacial score (nSPS) is 37.4. The molecule has 152 valence electrons. The summed E-state index contributed by atoms with van der Waals surface area (Å²) in [5, 5.41) is 9.84. The second-order valence-electron chi connectivity index (χ2n) is 9.35. The second kappa shape index (κ2) is 6.37. The number of hydrogen-bond donors (Lipinski definition) is 3. The number of fused-ring (bicyclic) bond motifs is 2. The molecule has 29 heavy (non-hydrogen) atoms. The largest absolute Gasteiger partial charge is 0.322 e. The van der Waals surface area contributed by atoms with E-state index in [1.807, 2.05) is 18.2 Å². The molecule has 1 aromatic rings. The summed E-state index contributed by atoms with van der Waals surface area (Å²) in [6.45, 7) is 2.27. The standard InChI is InChI=1S/C22H26N4O3/c27-17-5-4-16(21(28)25-17)26-10-12-3-1-2-11(18(12)22(26)29)8-23-19-13-6-14-9-24-20(19)15(14)7-13/h1-3,13-16,19-20,23-24H,4-10H2,(H,25,27,28). The molecule has 0 spiro atoms. The van der Waals surface area contributed by atoms with Crippen LogP contribution in [0.5, 0.6) is 0 Å². The van der Waals surface area contributed by atoms with Crippen molar-refractivity contribution in [3.63, 3.8) is 0 Å². The molecule has 0 aromatic heterocycles. The summed E-state index contributed by atoms with van der Waals surface area (Å²) in [5.41, 5.74) is 2.73. The highest BCUT2D eigenvalue weighted by atomic mass is 16.2. The number of hydrogen-bond acceptors (Lipinski definition) is 5. The van der Waals surface area contributed by atoms with Crippen LogP contribution in [0, 0.1) is 17.8 Å². The van der Waals surface area contributed by atoms with Crippen LogP contribution in [0.2, 0.25) is 0 Å². The lowest BCUT2D eigenvalue weighted by atomic mass is 9.86. The van der Waals surface area contributed by atoms with Gasteiger partial charge in [-0.15, -0.1) is 0 Å². The number of benzene rings is 1. The number of imide groups is 1. The molecular formula is C22H26N4O3. The number of carbonyl (C=O) groups excluding carboxylic acids is 3. The number of nitrogens with one attached hydrogen (secondary N) is 3. The van der Waals surface area contributed by atoms with E-state index in [0.717, 1.165) is 41.0 Å². The van der Waals surface area contributed by atoms with Crippen LogP contribution in [-0.2, 0) is 22.7 Å². The van der Waals surface area contributed by atoms with Crippen LogP contribution < -0.4 is 16.0 Å². The van der Waals surface area contributed by atoms with Crippen LogP contribution in [0.3, 0.4) is 0 Å². The number of piperidine rings is 1. The first-order valence-electron chi connectivity index (χ1n) is 10.8. The summed E-state index contributed by atoms with van der Waals surface area (Å²) in [7, 11) is 0. The number of amides is 3. The number of nitrogens with zero attached hydrogens (tertiary/aromatic N) is 1. The van der Waals surface area contributed by atoms with E-state index in [-0.39, 0.29) is 24.1 Å². The van der Waals surface area contributed by atoms with Gasteiger partial charge in [0.2, 0.25) is 11.8 Å². The first-order valence-corrected chi connectivity index (χ1v) is 10.8. The van der Waals surface area contributed by atoms with E-state index in [2.05, 4.69) is 16.0 Å². The maximum atomic E-state index is 13.2. The molecule has 6 atom stereocenters. The Morgan fingerprint density at radius 2 is 2.03 bits per heavy atom. The Labute approximate surface area is 169 Å². The van der Waals surface area contributed by atoms with Gasteiger partial charge in [-0.1, -0.05) is 18.2 Å². The molecule has 6 rings (SSSR count). The highest BCUT2D eigenvalue weighted by Crippen LogP contribution is 2.51. The highest BCUT2D eigenvalue weighted by Gasteiger charge is 2.55. The second-order valence-corrected chi connectivity index (χ2v) is 9.35. The van der Waals surface area contributed by atoms with E-state index in [0.29, 0.717) is 31.6 Å². The molecule has 7 heteroatoms. The minimum Gasteiger partial charge on any atom is -0.322 e. The topological polar surface area (TPSA) is 90.5 Å². The Morgan fingerprint density at radius 1 is 1.14 bits per heavy atom. The number of rotatable bonds is 4. The Kier molecular flexibility index (Phi) is 3.87. The predicted molar refractivity (Wildman–Crippen MR) is 105 cm³/mol. The van der Waals surface area contributed by atoms with E-state index < -0.39 is 6.04 Å². The fourth-order valence-corrected chi connectivity index (χ4v) is 6.65. The minimum absolute atomic E-state index is 0.0844. The Balaban J connectivity index is 1.20. The van der Waals surface area contributed by atoms with Gasteiger partial charge in [-0.25, -0.2) is 0 Å². The van der Waals surface area contributed by atoms with Crippen molar-refractivity contribution >= 4 is 17.7 Å². The molecule has 0 radical (unpaired) electrons. The molecule has 3 amide bonds. The Bertz CT molecular complexity index is 913. The Morgan fingerprint density at radius 3 is 2.90 bits per heavy atom. The zero-order chi connectivity index (χ0) is 19.7. The zero-order valence-corrected chi connectivity index (χ0v) is 16.3. The molecule has 5 aliphatic rings. The molecule has 2 saturated carbocycles. The first-order chi connectivity index (χ1) is 14.1. The van der Waals surface area contributed by atoms with Gasteiger partial charge >= 0.3 is 0 Å². The average molecular weight is 394 g/mol. The molecule has 2 bridgehead atoms. The maximum absolute atomic E-state index is 13.2. The van der Waals surface area contributed by atoms with Gasteiger partial charge in [0.05, 0.1) is 0 Å². The van der Waals surface area contributed by atoms with E-state index >= 15 is 0 Å². The third kappa shape index (κ3) is 2.60. The molecule has 3 N–H and O–H groups in total. The van der Waals surface area contributed by atoms with Crippen molar-refractivity contribution in [2.24, 2.45) is 17.8 Å². The third-order valence-electron chi connectivity index (χ3n) is 7.92. The summed E-state index contributed by atoms with van der Waals surface area (Å²) in [5.74, 6) is 1.74. The highest BCUT2D eigenvalue weighted by molar-refractivity contribution is 6.05. The summed E-state index contributed by atoms with van der Waals surface area (Å²) in [6, 6.07) is 6.50. The lowest BCUT2D eigenvalue weighted by molar-refractivity contribution is -0.136. The molecule has 7 nitrogen and oxygen atoms in total. The molecule has 2 saturated heterocycles. The van der Waals surface area contributed by atoms with Crippen LogP contribution in [0.25, 0.3) is 0 Å². The number of carbonyl (C=O) groups is 3. The Hall–Kier alpha value is -2.25. The fourth-order valence-electron chi connectivity index (χ4n) is 6.65. The summed E-state index contributed by atoms with van der Waals surface area (Å²) >= 11 is 0. The van der Waals surface area contributed by atoms with Crippen molar-refractivity contribution in [3.05, 3.63) is 34.9 Å². The van der Waals surface area contributed by atoms with Gasteiger partial charge in [0.15, 0.2) is 0 Å². The minimum atomic E-state index is -0.557. The molecular weight excluding hydrogens is 368 g/mol. The van der Waals surface area contributed by atoms with E-state index in [1.165, 1.54) is 12.8 Å². The predicted octanol–water partition coefficient (Wildman–Crippen LogP) is 0.534. The van der Waals surface area contributed by atoms with Gasteiger partial charge in [0.1, 0.15) is 6.04 Å². The molecule has 1 aromatic carbocycles. The van der Waals surface area contributed by atoms with Gasteiger partial charge in [0, 0.05) is 37.2 Å². The van der Waals surface area contributed by atoms with Gasteiger partial charge < -0.3 is 15.5 Å². The maximum Gasteiger partial charge on any atom is 0.255 e. The van der Waals surface area contributed by atoms with E-state index in [1.54, 1.807) is 4.90 Å². The van der Waals surface area contributed by atoms with Crippen molar-refractivity contribution in [2.75, 3.05) is 6.54 Å². The van der Waals surface area contributed by atoms with Crippen LogP contribution in [0.4, 0.5) is 0 Å². The molecule has 2 aliphatic carbocycles. The monoisotopic (exact) mass is 394 g/mol. The van der Waals surface area contributed by atoms with Gasteiger partial charge in [0.25, 0.3) is 5.91 Å².